The molecule has 0 heterocycles. The lowest BCUT2D eigenvalue weighted by molar-refractivity contribution is -0.870. The quantitative estimate of drug-likeness (QED) is 0.0124. The Bertz CT molecular complexity index is 1100. The third-order valence-electron chi connectivity index (χ3n) is 9.24. The number of ether oxygens (including phenoxy) is 2. The van der Waals surface area contributed by atoms with E-state index in [2.05, 4.69) is 19.9 Å². The highest BCUT2D eigenvalue weighted by Crippen LogP contribution is 2.38. The molecular weight excluding hydrogens is 725 g/mol. The van der Waals surface area contributed by atoms with Gasteiger partial charge in [-0.05, 0) is 57.4 Å². The van der Waals surface area contributed by atoms with Gasteiger partial charge in [-0.15, -0.1) is 0 Å². The molecule has 0 saturated heterocycles. The molecular formula is C46H84NO8P. The molecule has 1 unspecified atom stereocenters. The number of carbonyl (C=O) groups is 1. The fourth-order valence-electron chi connectivity index (χ4n) is 5.67. The highest BCUT2D eigenvalue weighted by Gasteiger charge is 2.19. The third-order valence-corrected chi connectivity index (χ3v) is 10.2. The fraction of sp³-hybridized carbons (Fsp3) is 0.761. The number of hydrogen-bond donors (Lipinski definition) is 1. The molecule has 0 fully saturated rings. The van der Waals surface area contributed by atoms with Gasteiger partial charge in [0.1, 0.15) is 19.8 Å². The van der Waals surface area contributed by atoms with Gasteiger partial charge in [0.05, 0.1) is 40.1 Å². The molecule has 10 heteroatoms. The second-order valence-electron chi connectivity index (χ2n) is 16.0. The standard InChI is InChI=1S/C46H84NO8P/c1-6-8-10-12-14-15-16-17-18-19-20-21-24-27-31-35-40-52-45(43-55-56(50,51)54-41-39-47(3,4)5)42-53-46(49)38-34-30-26-23-22-25-29-33-37-44(48)36-32-28-13-11-9-7-2/h23,25-26,28-29,32-33,35,37,40,44-45,48H,6-22,24,27,30-31,34,36,38-39,41-43H2,1-5H3/b26-23-,29-25-,32-28-,37-33+,40-35+/t44-,45-/m1/s1. The monoisotopic (exact) mass is 810 g/mol. The van der Waals surface area contributed by atoms with Gasteiger partial charge in [0.15, 0.2) is 6.10 Å². The Morgan fingerprint density at radius 1 is 0.679 bits per heavy atom. The first kappa shape index (κ1) is 54.0. The molecule has 56 heavy (non-hydrogen) atoms. The maximum Gasteiger partial charge on any atom is 0.305 e. The van der Waals surface area contributed by atoms with Gasteiger partial charge in [0.2, 0.25) is 0 Å². The number of likely N-dealkylation sites (N-methyl/N-ethyl adjacent to an activating group) is 1. The summed E-state index contributed by atoms with van der Waals surface area (Å²) in [5.41, 5.74) is 0. The largest absolute Gasteiger partial charge is 0.756 e. The Labute approximate surface area is 343 Å². The Balaban J connectivity index is 4.44. The van der Waals surface area contributed by atoms with Gasteiger partial charge < -0.3 is 33.0 Å². The summed E-state index contributed by atoms with van der Waals surface area (Å²) in [5.74, 6) is -0.373. The molecule has 0 radical (unpaired) electrons. The smallest absolute Gasteiger partial charge is 0.305 e. The third kappa shape index (κ3) is 41.6. The zero-order valence-electron chi connectivity index (χ0n) is 36.4. The van der Waals surface area contributed by atoms with Crippen molar-refractivity contribution >= 4 is 13.8 Å². The van der Waals surface area contributed by atoms with Crippen molar-refractivity contribution in [3.8, 4) is 0 Å². The first-order valence-corrected chi connectivity index (χ1v) is 23.6. The van der Waals surface area contributed by atoms with Crippen molar-refractivity contribution in [2.24, 2.45) is 0 Å². The van der Waals surface area contributed by atoms with Gasteiger partial charge >= 0.3 is 5.97 Å². The second-order valence-corrected chi connectivity index (χ2v) is 17.4. The lowest BCUT2D eigenvalue weighted by atomic mass is 10.0. The number of quaternary nitrogens is 1. The highest BCUT2D eigenvalue weighted by molar-refractivity contribution is 7.45. The summed E-state index contributed by atoms with van der Waals surface area (Å²) in [7, 11) is 1.29. The molecule has 0 aromatic carbocycles. The number of aliphatic hydroxyl groups is 1. The van der Waals surface area contributed by atoms with Crippen LogP contribution in [0.4, 0.5) is 0 Å². The van der Waals surface area contributed by atoms with Crippen LogP contribution in [0.5, 0.6) is 0 Å². The molecule has 0 amide bonds. The number of phosphoric ester groups is 1. The Kier molecular flexibility index (Phi) is 37.1. The van der Waals surface area contributed by atoms with Crippen LogP contribution in [-0.2, 0) is 27.9 Å². The molecule has 0 rings (SSSR count). The topological polar surface area (TPSA) is 114 Å². The molecule has 0 aliphatic heterocycles. The van der Waals surface area contributed by atoms with Gasteiger partial charge in [0.25, 0.3) is 7.82 Å². The molecule has 9 nitrogen and oxygen atoms in total. The summed E-state index contributed by atoms with van der Waals surface area (Å²) in [5, 5.41) is 10.0. The van der Waals surface area contributed by atoms with Crippen LogP contribution in [-0.4, -0.2) is 75.3 Å². The van der Waals surface area contributed by atoms with Gasteiger partial charge in [-0.1, -0.05) is 159 Å². The number of hydrogen-bond acceptors (Lipinski definition) is 8. The van der Waals surface area contributed by atoms with Crippen LogP contribution in [0.2, 0.25) is 0 Å². The van der Waals surface area contributed by atoms with Crippen molar-refractivity contribution in [3.05, 3.63) is 60.9 Å². The van der Waals surface area contributed by atoms with E-state index in [1.807, 2.05) is 63.7 Å². The molecule has 1 N–H and O–H groups in total. The molecule has 0 bridgehead atoms. The lowest BCUT2D eigenvalue weighted by Crippen LogP contribution is -2.37. The van der Waals surface area contributed by atoms with Crippen LogP contribution < -0.4 is 4.89 Å². The summed E-state index contributed by atoms with van der Waals surface area (Å²) in [6.45, 7) is 4.52. The predicted octanol–water partition coefficient (Wildman–Crippen LogP) is 11.6. The van der Waals surface area contributed by atoms with E-state index in [4.69, 9.17) is 18.5 Å². The number of phosphoric acid groups is 1. The summed E-state index contributed by atoms with van der Waals surface area (Å²) >= 11 is 0. The van der Waals surface area contributed by atoms with E-state index >= 15 is 0 Å². The van der Waals surface area contributed by atoms with Gasteiger partial charge in [-0.3, -0.25) is 9.36 Å². The number of unbranched alkanes of at least 4 members (excludes halogenated alkanes) is 18. The molecule has 0 aliphatic rings. The second kappa shape index (κ2) is 38.5. The summed E-state index contributed by atoms with van der Waals surface area (Å²) < 4.78 is 34.3. The maximum absolute atomic E-state index is 12.5. The van der Waals surface area contributed by atoms with Gasteiger partial charge in [0, 0.05) is 6.42 Å². The highest BCUT2D eigenvalue weighted by atomic mass is 31.2. The van der Waals surface area contributed by atoms with Crippen molar-refractivity contribution in [2.75, 3.05) is 47.5 Å². The van der Waals surface area contributed by atoms with E-state index in [9.17, 15) is 19.4 Å². The van der Waals surface area contributed by atoms with E-state index < -0.39 is 20.0 Å². The summed E-state index contributed by atoms with van der Waals surface area (Å²) in [6.07, 6.45) is 45.1. The van der Waals surface area contributed by atoms with E-state index in [1.54, 1.807) is 12.3 Å². The van der Waals surface area contributed by atoms with E-state index in [-0.39, 0.29) is 32.2 Å². The fourth-order valence-corrected chi connectivity index (χ4v) is 6.39. The first-order valence-electron chi connectivity index (χ1n) is 22.2. The molecule has 3 atom stereocenters. The first-order chi connectivity index (χ1) is 27.0. The molecule has 326 valence electrons. The zero-order chi connectivity index (χ0) is 41.4. The Morgan fingerprint density at radius 3 is 1.88 bits per heavy atom. The zero-order valence-corrected chi connectivity index (χ0v) is 37.3. The van der Waals surface area contributed by atoms with Crippen molar-refractivity contribution in [1.29, 1.82) is 0 Å². The van der Waals surface area contributed by atoms with Crippen molar-refractivity contribution < 1.29 is 42.4 Å². The van der Waals surface area contributed by atoms with Crippen LogP contribution >= 0.6 is 7.82 Å². The molecule has 0 saturated carbocycles. The van der Waals surface area contributed by atoms with Crippen molar-refractivity contribution in [2.45, 2.75) is 180 Å². The number of esters is 1. The molecule has 0 aromatic heterocycles. The molecule has 0 spiro atoms. The SMILES string of the molecule is CCCCC/C=C\C[C@@H](O)/C=C/C=C\C/C=C\CCCC(=O)OC[C@H](COP(=O)([O-])OCC[N+](C)(C)C)O/C=C/CCCCCCCCCCCCCCCC. The average Bonchev–Trinajstić information content (AvgIpc) is 3.15. The van der Waals surface area contributed by atoms with Crippen LogP contribution in [0.3, 0.4) is 0 Å². The van der Waals surface area contributed by atoms with E-state index in [0.29, 0.717) is 23.9 Å². The predicted molar refractivity (Wildman–Crippen MR) is 232 cm³/mol. The Hall–Kier alpha value is -2.00. The van der Waals surface area contributed by atoms with Gasteiger partial charge in [-0.2, -0.15) is 0 Å². The van der Waals surface area contributed by atoms with Crippen molar-refractivity contribution in [1.82, 2.24) is 0 Å². The van der Waals surface area contributed by atoms with Crippen LogP contribution in [0, 0.1) is 0 Å². The Morgan fingerprint density at radius 2 is 1.23 bits per heavy atom. The minimum Gasteiger partial charge on any atom is -0.756 e. The number of carbonyl (C=O) groups excluding carboxylic acids is 1. The minimum atomic E-state index is -4.54. The average molecular weight is 810 g/mol. The summed E-state index contributed by atoms with van der Waals surface area (Å²) in [4.78, 5) is 24.8. The van der Waals surface area contributed by atoms with Crippen LogP contribution in [0.25, 0.3) is 0 Å². The molecule has 0 aliphatic carbocycles. The maximum atomic E-state index is 12.5. The number of aliphatic hydroxyl groups excluding tert-OH is 1. The van der Waals surface area contributed by atoms with Gasteiger partial charge in [-0.25, -0.2) is 0 Å². The number of allylic oxidation sites excluding steroid dienone is 7. The number of nitrogens with zero attached hydrogens (tertiary/aromatic N) is 1. The summed E-state index contributed by atoms with van der Waals surface area (Å²) in [6, 6.07) is 0. The van der Waals surface area contributed by atoms with Crippen LogP contribution in [0.1, 0.15) is 168 Å². The van der Waals surface area contributed by atoms with E-state index in [1.165, 1.54) is 103 Å². The minimum absolute atomic E-state index is 0.00711. The van der Waals surface area contributed by atoms with Crippen LogP contribution in [0.15, 0.2) is 60.9 Å². The molecule has 0 aromatic rings. The van der Waals surface area contributed by atoms with E-state index in [0.717, 1.165) is 32.1 Å². The lowest BCUT2D eigenvalue weighted by Gasteiger charge is -2.28. The number of rotatable bonds is 40. The van der Waals surface area contributed by atoms with Crippen molar-refractivity contribution in [3.63, 3.8) is 0 Å². The normalized spacial score (nSPS) is 14.8.